The van der Waals surface area contributed by atoms with Gasteiger partial charge >= 0.3 is 0 Å². The van der Waals surface area contributed by atoms with Gasteiger partial charge in [0.25, 0.3) is 11.8 Å². The maximum absolute atomic E-state index is 12.9. The Kier molecular flexibility index (Phi) is 6.01. The van der Waals surface area contributed by atoms with Crippen molar-refractivity contribution in [3.8, 4) is 5.75 Å². The van der Waals surface area contributed by atoms with Crippen LogP contribution in [0, 0.1) is 5.82 Å². The number of halogens is 1. The number of hydrogen-bond donors (Lipinski definition) is 2. The predicted octanol–water partition coefficient (Wildman–Crippen LogP) is 2.30. The lowest BCUT2D eigenvalue weighted by atomic mass is 10.2. The van der Waals surface area contributed by atoms with Crippen molar-refractivity contribution in [2.75, 3.05) is 0 Å². The van der Waals surface area contributed by atoms with E-state index in [0.29, 0.717) is 17.9 Å². The average molecular weight is 382 g/mol. The van der Waals surface area contributed by atoms with Crippen molar-refractivity contribution >= 4 is 11.8 Å². The number of nitrogens with zero attached hydrogens (tertiary/aromatic N) is 2. The van der Waals surface area contributed by atoms with Crippen LogP contribution in [0.25, 0.3) is 0 Å². The first-order chi connectivity index (χ1) is 13.5. The number of amides is 2. The minimum atomic E-state index is -0.883. The second-order valence-corrected chi connectivity index (χ2v) is 6.07. The standard InChI is InChI=1S/C20H19FN4O3/c1-14(28-18-9-7-17(21)8-10-18)19(26)23-24-20(27)16-11-22-25(13-16)12-15-5-3-2-4-6-15/h2-11,13-14H,12H2,1H3,(H,23,26)(H,24,27)/t14-/m1/s1. The van der Waals surface area contributed by atoms with Crippen LogP contribution in [0.1, 0.15) is 22.8 Å². The van der Waals surface area contributed by atoms with Gasteiger partial charge in [0, 0.05) is 6.20 Å². The first kappa shape index (κ1) is 19.1. The summed E-state index contributed by atoms with van der Waals surface area (Å²) in [6.07, 6.45) is 2.13. The number of ether oxygens (including phenoxy) is 1. The van der Waals surface area contributed by atoms with E-state index in [-0.39, 0.29) is 0 Å². The summed E-state index contributed by atoms with van der Waals surface area (Å²) in [5.41, 5.74) is 5.98. The Bertz CT molecular complexity index is 942. The summed E-state index contributed by atoms with van der Waals surface area (Å²) in [4.78, 5) is 24.2. The van der Waals surface area contributed by atoms with Gasteiger partial charge in [-0.05, 0) is 36.8 Å². The van der Waals surface area contributed by atoms with E-state index >= 15 is 0 Å². The van der Waals surface area contributed by atoms with Crippen LogP contribution in [0.4, 0.5) is 4.39 Å². The second kappa shape index (κ2) is 8.81. The highest BCUT2D eigenvalue weighted by atomic mass is 19.1. The van der Waals surface area contributed by atoms with Crippen LogP contribution < -0.4 is 15.6 Å². The molecule has 1 heterocycles. The Labute approximate surface area is 161 Å². The number of hydrogen-bond acceptors (Lipinski definition) is 4. The van der Waals surface area contributed by atoms with E-state index in [9.17, 15) is 14.0 Å². The molecule has 0 aliphatic rings. The number of carbonyl (C=O) groups excluding carboxylic acids is 2. The van der Waals surface area contributed by atoms with Gasteiger partial charge in [-0.1, -0.05) is 30.3 Å². The van der Waals surface area contributed by atoms with Crippen molar-refractivity contribution in [1.29, 1.82) is 0 Å². The molecule has 0 aliphatic heterocycles. The zero-order valence-electron chi connectivity index (χ0n) is 15.1. The van der Waals surface area contributed by atoms with Crippen LogP contribution in [-0.2, 0) is 11.3 Å². The quantitative estimate of drug-likeness (QED) is 0.641. The van der Waals surface area contributed by atoms with Crippen molar-refractivity contribution in [2.24, 2.45) is 0 Å². The van der Waals surface area contributed by atoms with E-state index in [0.717, 1.165) is 5.56 Å². The van der Waals surface area contributed by atoms with Crippen molar-refractivity contribution in [2.45, 2.75) is 19.6 Å². The molecule has 0 aliphatic carbocycles. The Morgan fingerprint density at radius 3 is 2.54 bits per heavy atom. The molecular weight excluding hydrogens is 363 g/mol. The number of benzene rings is 2. The van der Waals surface area contributed by atoms with Gasteiger partial charge in [-0.2, -0.15) is 5.10 Å². The van der Waals surface area contributed by atoms with Crippen LogP contribution in [0.15, 0.2) is 67.0 Å². The summed E-state index contributed by atoms with van der Waals surface area (Å²) in [6, 6.07) is 15.0. The zero-order valence-corrected chi connectivity index (χ0v) is 15.1. The monoisotopic (exact) mass is 382 g/mol. The van der Waals surface area contributed by atoms with Gasteiger partial charge in [-0.15, -0.1) is 0 Å². The topological polar surface area (TPSA) is 85.2 Å². The molecule has 0 saturated heterocycles. The molecule has 1 atom stereocenters. The molecule has 3 aromatic rings. The number of carbonyl (C=O) groups is 2. The van der Waals surface area contributed by atoms with E-state index < -0.39 is 23.7 Å². The Hall–Kier alpha value is -3.68. The molecule has 0 fully saturated rings. The molecule has 7 nitrogen and oxygen atoms in total. The van der Waals surface area contributed by atoms with Crippen molar-refractivity contribution in [3.05, 3.63) is 83.9 Å². The molecule has 2 N–H and O–H groups in total. The van der Waals surface area contributed by atoms with Crippen molar-refractivity contribution in [1.82, 2.24) is 20.6 Å². The van der Waals surface area contributed by atoms with Crippen molar-refractivity contribution < 1.29 is 18.7 Å². The Morgan fingerprint density at radius 1 is 1.11 bits per heavy atom. The van der Waals surface area contributed by atoms with E-state index in [1.807, 2.05) is 30.3 Å². The smallest absolute Gasteiger partial charge is 0.279 e. The van der Waals surface area contributed by atoms with Crippen LogP contribution in [0.5, 0.6) is 5.75 Å². The molecule has 8 heteroatoms. The lowest BCUT2D eigenvalue weighted by Crippen LogP contribution is -2.47. The zero-order chi connectivity index (χ0) is 19.9. The van der Waals surface area contributed by atoms with E-state index in [1.54, 1.807) is 10.9 Å². The first-order valence-electron chi connectivity index (χ1n) is 8.60. The third-order valence-electron chi connectivity index (χ3n) is 3.88. The van der Waals surface area contributed by atoms with Gasteiger partial charge in [-0.25, -0.2) is 4.39 Å². The Balaban J connectivity index is 1.49. The molecule has 3 rings (SSSR count). The molecule has 0 spiro atoms. The molecule has 2 amide bonds. The fourth-order valence-electron chi connectivity index (χ4n) is 2.40. The van der Waals surface area contributed by atoms with Gasteiger partial charge < -0.3 is 4.74 Å². The van der Waals surface area contributed by atoms with Gasteiger partial charge in [0.2, 0.25) is 0 Å². The molecule has 28 heavy (non-hydrogen) atoms. The normalized spacial score (nSPS) is 11.5. The molecule has 0 unspecified atom stereocenters. The van der Waals surface area contributed by atoms with Gasteiger partial charge in [0.15, 0.2) is 6.10 Å². The summed E-state index contributed by atoms with van der Waals surface area (Å²) in [5, 5.41) is 4.15. The number of rotatable bonds is 6. The van der Waals surface area contributed by atoms with E-state index in [1.165, 1.54) is 37.4 Å². The summed E-state index contributed by atoms with van der Waals surface area (Å²) >= 11 is 0. The van der Waals surface area contributed by atoms with Crippen LogP contribution in [0.2, 0.25) is 0 Å². The van der Waals surface area contributed by atoms with Crippen LogP contribution in [0.3, 0.4) is 0 Å². The van der Waals surface area contributed by atoms with Crippen LogP contribution in [-0.4, -0.2) is 27.7 Å². The SMILES string of the molecule is C[C@@H](Oc1ccc(F)cc1)C(=O)NNC(=O)c1cnn(Cc2ccccc2)c1. The number of aromatic nitrogens is 2. The second-order valence-electron chi connectivity index (χ2n) is 6.07. The first-order valence-corrected chi connectivity index (χ1v) is 8.60. The maximum Gasteiger partial charge on any atom is 0.279 e. The third kappa shape index (κ3) is 5.16. The summed E-state index contributed by atoms with van der Waals surface area (Å²) < 4.78 is 19.9. The molecule has 0 saturated carbocycles. The van der Waals surface area contributed by atoms with Crippen molar-refractivity contribution in [3.63, 3.8) is 0 Å². The molecule has 1 aromatic heterocycles. The molecular formula is C20H19FN4O3. The summed E-state index contributed by atoms with van der Waals surface area (Å²) in [6.45, 7) is 2.05. The molecule has 2 aromatic carbocycles. The fourth-order valence-corrected chi connectivity index (χ4v) is 2.40. The fraction of sp³-hybridized carbons (Fsp3) is 0.150. The van der Waals surface area contributed by atoms with Gasteiger partial charge in [0.05, 0.1) is 18.3 Å². The average Bonchev–Trinajstić information content (AvgIpc) is 3.17. The lowest BCUT2D eigenvalue weighted by molar-refractivity contribution is -0.128. The molecule has 144 valence electrons. The van der Waals surface area contributed by atoms with Crippen LogP contribution >= 0.6 is 0 Å². The summed E-state index contributed by atoms with van der Waals surface area (Å²) in [7, 11) is 0. The number of hydrazine groups is 1. The maximum atomic E-state index is 12.9. The van der Waals surface area contributed by atoms with Gasteiger partial charge in [-0.3, -0.25) is 25.1 Å². The highest BCUT2D eigenvalue weighted by Crippen LogP contribution is 2.13. The minimum Gasteiger partial charge on any atom is -0.481 e. The highest BCUT2D eigenvalue weighted by Gasteiger charge is 2.16. The highest BCUT2D eigenvalue weighted by molar-refractivity contribution is 5.95. The summed E-state index contributed by atoms with van der Waals surface area (Å²) in [5.74, 6) is -1.10. The number of nitrogens with one attached hydrogen (secondary N) is 2. The minimum absolute atomic E-state index is 0.309. The molecule has 0 radical (unpaired) electrons. The molecule has 0 bridgehead atoms. The Morgan fingerprint density at radius 2 is 1.82 bits per heavy atom. The van der Waals surface area contributed by atoms with Gasteiger partial charge in [0.1, 0.15) is 11.6 Å². The van der Waals surface area contributed by atoms with E-state index in [4.69, 9.17) is 4.74 Å². The lowest BCUT2D eigenvalue weighted by Gasteiger charge is -2.14. The predicted molar refractivity (Wildman–Crippen MR) is 99.9 cm³/mol. The van der Waals surface area contributed by atoms with E-state index in [2.05, 4.69) is 16.0 Å². The largest absolute Gasteiger partial charge is 0.481 e. The third-order valence-corrected chi connectivity index (χ3v) is 3.88.